The van der Waals surface area contributed by atoms with Crippen molar-refractivity contribution in [1.29, 1.82) is 0 Å². The van der Waals surface area contributed by atoms with Gasteiger partial charge in [-0.05, 0) is 24.1 Å². The number of aromatic carboxylic acids is 1. The molecule has 0 aliphatic heterocycles. The first-order valence-corrected chi connectivity index (χ1v) is 7.60. The second-order valence-corrected chi connectivity index (χ2v) is 5.58. The molecule has 1 aromatic heterocycles. The van der Waals surface area contributed by atoms with E-state index in [0.29, 0.717) is 12.2 Å². The highest BCUT2D eigenvalue weighted by atomic mass is 32.2. The minimum Gasteiger partial charge on any atom is -0.478 e. The van der Waals surface area contributed by atoms with E-state index in [0.717, 1.165) is 29.2 Å². The van der Waals surface area contributed by atoms with Gasteiger partial charge in [0.25, 0.3) is 0 Å². The number of carbonyl (C=O) groups excluding carboxylic acids is 1. The Morgan fingerprint density at radius 1 is 1.38 bits per heavy atom. The van der Waals surface area contributed by atoms with Crippen LogP contribution in [0.2, 0.25) is 0 Å². The van der Waals surface area contributed by atoms with Gasteiger partial charge in [0.2, 0.25) is 0 Å². The fraction of sp³-hybridized carbons (Fsp3) is 0.267. The second kappa shape index (κ2) is 7.08. The highest BCUT2D eigenvalue weighted by molar-refractivity contribution is 7.99. The van der Waals surface area contributed by atoms with E-state index in [2.05, 4.69) is 11.9 Å². The van der Waals surface area contributed by atoms with Gasteiger partial charge in [-0.25, -0.2) is 9.78 Å². The van der Waals surface area contributed by atoms with Gasteiger partial charge in [-0.2, -0.15) is 0 Å². The van der Waals surface area contributed by atoms with Crippen LogP contribution in [0.1, 0.15) is 39.8 Å². The van der Waals surface area contributed by atoms with Crippen molar-refractivity contribution < 1.29 is 14.7 Å². The summed E-state index contributed by atoms with van der Waals surface area (Å²) < 4.78 is 1.85. The molecule has 110 valence electrons. The molecule has 0 spiro atoms. The summed E-state index contributed by atoms with van der Waals surface area (Å²) in [6, 6.07) is 6.64. The Kier molecular flexibility index (Phi) is 5.16. The highest BCUT2D eigenvalue weighted by Gasteiger charge is 2.10. The summed E-state index contributed by atoms with van der Waals surface area (Å²) in [6.07, 6.45) is 3.38. The maximum atomic E-state index is 11.1. The zero-order valence-corrected chi connectivity index (χ0v) is 12.5. The van der Waals surface area contributed by atoms with Gasteiger partial charge in [0, 0.05) is 5.75 Å². The van der Waals surface area contributed by atoms with E-state index < -0.39 is 5.97 Å². The van der Waals surface area contributed by atoms with Crippen LogP contribution in [0, 0.1) is 0 Å². The number of hydrogen-bond acceptors (Lipinski definition) is 4. The third kappa shape index (κ3) is 3.72. The molecule has 0 saturated heterocycles. The molecular formula is C15H16N2O3S. The van der Waals surface area contributed by atoms with E-state index in [-0.39, 0.29) is 5.56 Å². The molecule has 1 N–H and O–H groups in total. The maximum Gasteiger partial charge on any atom is 0.335 e. The van der Waals surface area contributed by atoms with Crippen LogP contribution in [0.5, 0.6) is 0 Å². The number of nitrogens with zero attached hydrogens (tertiary/aromatic N) is 2. The summed E-state index contributed by atoms with van der Waals surface area (Å²) >= 11 is 1.61. The van der Waals surface area contributed by atoms with Crippen LogP contribution in [0.25, 0.3) is 0 Å². The predicted octanol–water partition coefficient (Wildman–Crippen LogP) is 2.94. The summed E-state index contributed by atoms with van der Waals surface area (Å²) in [4.78, 5) is 26.2. The maximum absolute atomic E-state index is 11.1. The first-order valence-electron chi connectivity index (χ1n) is 6.61. The smallest absolute Gasteiger partial charge is 0.335 e. The number of imidazole rings is 1. The summed E-state index contributed by atoms with van der Waals surface area (Å²) in [5.74, 6) is -0.00951. The zero-order chi connectivity index (χ0) is 15.2. The fourth-order valence-corrected chi connectivity index (χ4v) is 2.71. The van der Waals surface area contributed by atoms with Crippen molar-refractivity contribution in [1.82, 2.24) is 9.55 Å². The number of thioether (sulfide) groups is 1. The Bertz CT molecular complexity index is 635. The Labute approximate surface area is 127 Å². The van der Waals surface area contributed by atoms with Gasteiger partial charge in [-0.1, -0.05) is 30.8 Å². The van der Waals surface area contributed by atoms with Crippen LogP contribution >= 0.6 is 11.8 Å². The van der Waals surface area contributed by atoms with E-state index in [1.54, 1.807) is 42.2 Å². The average molecular weight is 304 g/mol. The normalized spacial score (nSPS) is 10.5. The SMILES string of the molecule is CCCSc1ncc(C=O)n1Cc1ccc(C(=O)O)cc1. The molecule has 2 rings (SSSR count). The number of carbonyl (C=O) groups is 2. The number of hydrogen-bond donors (Lipinski definition) is 1. The Hall–Kier alpha value is -2.08. The molecule has 0 amide bonds. The van der Waals surface area contributed by atoms with Crippen molar-refractivity contribution in [3.8, 4) is 0 Å². The number of benzene rings is 1. The molecule has 0 radical (unpaired) electrons. The number of carboxylic acids is 1. The van der Waals surface area contributed by atoms with Crippen molar-refractivity contribution in [2.24, 2.45) is 0 Å². The fourth-order valence-electron chi connectivity index (χ4n) is 1.87. The van der Waals surface area contributed by atoms with Gasteiger partial charge in [0.15, 0.2) is 11.4 Å². The van der Waals surface area contributed by atoms with Crippen molar-refractivity contribution in [2.75, 3.05) is 5.75 Å². The lowest BCUT2D eigenvalue weighted by molar-refractivity contribution is 0.0696. The van der Waals surface area contributed by atoms with Gasteiger partial charge >= 0.3 is 5.97 Å². The number of aromatic nitrogens is 2. The molecule has 6 heteroatoms. The Morgan fingerprint density at radius 3 is 2.67 bits per heavy atom. The molecule has 0 fully saturated rings. The van der Waals surface area contributed by atoms with E-state index in [1.165, 1.54) is 0 Å². The largest absolute Gasteiger partial charge is 0.478 e. The topological polar surface area (TPSA) is 72.2 Å². The van der Waals surface area contributed by atoms with Gasteiger partial charge in [-0.3, -0.25) is 4.79 Å². The van der Waals surface area contributed by atoms with Crippen LogP contribution in [0.3, 0.4) is 0 Å². The third-order valence-corrected chi connectivity index (χ3v) is 4.14. The van der Waals surface area contributed by atoms with Gasteiger partial charge in [0.1, 0.15) is 5.69 Å². The van der Waals surface area contributed by atoms with E-state index in [9.17, 15) is 9.59 Å². The molecule has 0 atom stereocenters. The molecular weight excluding hydrogens is 288 g/mol. The van der Waals surface area contributed by atoms with Crippen molar-refractivity contribution in [2.45, 2.75) is 25.0 Å². The molecule has 0 aliphatic carbocycles. The minimum atomic E-state index is -0.947. The van der Waals surface area contributed by atoms with Crippen LogP contribution in [-0.2, 0) is 6.54 Å². The lowest BCUT2D eigenvalue weighted by atomic mass is 10.1. The molecule has 5 nitrogen and oxygen atoms in total. The number of carboxylic acid groups (broad SMARTS) is 1. The predicted molar refractivity (Wildman–Crippen MR) is 81.1 cm³/mol. The molecule has 0 saturated carbocycles. The molecule has 1 aromatic carbocycles. The third-order valence-electron chi connectivity index (χ3n) is 2.95. The Morgan fingerprint density at radius 2 is 2.10 bits per heavy atom. The first kappa shape index (κ1) is 15.3. The molecule has 21 heavy (non-hydrogen) atoms. The summed E-state index contributed by atoms with van der Waals surface area (Å²) in [5.41, 5.74) is 1.70. The van der Waals surface area contributed by atoms with Crippen LogP contribution in [-0.4, -0.2) is 32.7 Å². The summed E-state index contributed by atoms with van der Waals surface area (Å²) in [6.45, 7) is 2.59. The van der Waals surface area contributed by atoms with E-state index in [4.69, 9.17) is 5.11 Å². The molecule has 2 aromatic rings. The molecule has 0 unspecified atom stereocenters. The lowest BCUT2D eigenvalue weighted by Crippen LogP contribution is -2.06. The van der Waals surface area contributed by atoms with Crippen LogP contribution < -0.4 is 0 Å². The molecule has 1 heterocycles. The molecule has 0 bridgehead atoms. The minimum absolute atomic E-state index is 0.251. The van der Waals surface area contributed by atoms with Crippen molar-refractivity contribution >= 4 is 24.0 Å². The van der Waals surface area contributed by atoms with Crippen LogP contribution in [0.15, 0.2) is 35.6 Å². The van der Waals surface area contributed by atoms with Gasteiger partial charge in [-0.15, -0.1) is 0 Å². The summed E-state index contributed by atoms with van der Waals surface area (Å²) in [7, 11) is 0. The first-order chi connectivity index (χ1) is 10.2. The zero-order valence-electron chi connectivity index (χ0n) is 11.7. The van der Waals surface area contributed by atoms with Crippen molar-refractivity contribution in [3.05, 3.63) is 47.3 Å². The quantitative estimate of drug-likeness (QED) is 0.629. The van der Waals surface area contributed by atoms with Crippen molar-refractivity contribution in [3.63, 3.8) is 0 Å². The number of aldehydes is 1. The molecule has 0 aliphatic rings. The van der Waals surface area contributed by atoms with Gasteiger partial charge < -0.3 is 9.67 Å². The van der Waals surface area contributed by atoms with E-state index >= 15 is 0 Å². The number of rotatable bonds is 7. The van der Waals surface area contributed by atoms with Gasteiger partial charge in [0.05, 0.1) is 18.3 Å². The van der Waals surface area contributed by atoms with Crippen LogP contribution in [0.4, 0.5) is 0 Å². The Balaban J connectivity index is 2.22. The second-order valence-electron chi connectivity index (χ2n) is 4.52. The van der Waals surface area contributed by atoms with E-state index in [1.807, 2.05) is 4.57 Å². The summed E-state index contributed by atoms with van der Waals surface area (Å²) in [5, 5.41) is 9.70. The highest BCUT2D eigenvalue weighted by Crippen LogP contribution is 2.20. The monoisotopic (exact) mass is 304 g/mol. The standard InChI is InChI=1S/C15H16N2O3S/c1-2-7-21-15-16-8-13(10-18)17(15)9-11-3-5-12(6-4-11)14(19)20/h3-6,8,10H,2,7,9H2,1H3,(H,19,20). The average Bonchev–Trinajstić information content (AvgIpc) is 2.87. The lowest BCUT2D eigenvalue weighted by Gasteiger charge is -2.09.